The summed E-state index contributed by atoms with van der Waals surface area (Å²) >= 11 is 0. The summed E-state index contributed by atoms with van der Waals surface area (Å²) in [6.07, 6.45) is 2.08. The largest absolute Gasteiger partial charge is 0.452 e. The number of hydrogen-bond donors (Lipinski definition) is 1. The Kier molecular flexibility index (Phi) is 5.33. The van der Waals surface area contributed by atoms with Gasteiger partial charge in [0.05, 0.1) is 11.7 Å². The van der Waals surface area contributed by atoms with E-state index in [-0.39, 0.29) is 18.6 Å². The standard InChI is InChI=1S/C16H21NO4/c1-11-5-6-13(8-12(11)2)16(19)21-10-15(18)17-9-14-4-3-7-20-14/h5-6,8,14H,3-4,7,9-10H2,1-2H3,(H,17,18). The van der Waals surface area contributed by atoms with Crippen molar-refractivity contribution in [3.8, 4) is 0 Å². The van der Waals surface area contributed by atoms with Crippen LogP contribution in [0.3, 0.4) is 0 Å². The zero-order valence-corrected chi connectivity index (χ0v) is 12.5. The Morgan fingerprint density at radius 3 is 2.81 bits per heavy atom. The second-order valence-corrected chi connectivity index (χ2v) is 5.31. The highest BCUT2D eigenvalue weighted by Gasteiger charge is 2.17. The summed E-state index contributed by atoms with van der Waals surface area (Å²) < 4.78 is 10.4. The van der Waals surface area contributed by atoms with Crippen LogP contribution in [0.1, 0.15) is 34.3 Å². The van der Waals surface area contributed by atoms with Gasteiger partial charge < -0.3 is 14.8 Å². The smallest absolute Gasteiger partial charge is 0.338 e. The highest BCUT2D eigenvalue weighted by atomic mass is 16.5. The number of amides is 1. The predicted octanol–water partition coefficient (Wildman–Crippen LogP) is 1.76. The lowest BCUT2D eigenvalue weighted by Crippen LogP contribution is -2.34. The molecule has 1 fully saturated rings. The van der Waals surface area contributed by atoms with E-state index in [2.05, 4.69) is 5.32 Å². The van der Waals surface area contributed by atoms with Crippen LogP contribution in [0.2, 0.25) is 0 Å². The molecule has 1 aliphatic rings. The van der Waals surface area contributed by atoms with Gasteiger partial charge >= 0.3 is 5.97 Å². The molecule has 21 heavy (non-hydrogen) atoms. The molecule has 0 spiro atoms. The molecule has 0 bridgehead atoms. The summed E-state index contributed by atoms with van der Waals surface area (Å²) in [5, 5.41) is 2.71. The van der Waals surface area contributed by atoms with Crippen molar-refractivity contribution in [2.24, 2.45) is 0 Å². The first-order valence-electron chi connectivity index (χ1n) is 7.19. The van der Waals surface area contributed by atoms with Gasteiger partial charge in [-0.1, -0.05) is 6.07 Å². The fraction of sp³-hybridized carbons (Fsp3) is 0.500. The van der Waals surface area contributed by atoms with Gasteiger partial charge in [-0.05, 0) is 49.9 Å². The lowest BCUT2D eigenvalue weighted by atomic mass is 10.1. The third-order valence-electron chi connectivity index (χ3n) is 3.63. The van der Waals surface area contributed by atoms with Gasteiger partial charge in [0.2, 0.25) is 0 Å². The molecular weight excluding hydrogens is 270 g/mol. The van der Waals surface area contributed by atoms with Crippen molar-refractivity contribution in [3.63, 3.8) is 0 Å². The van der Waals surface area contributed by atoms with Crippen LogP contribution < -0.4 is 5.32 Å². The van der Waals surface area contributed by atoms with Gasteiger partial charge in [-0.15, -0.1) is 0 Å². The maximum Gasteiger partial charge on any atom is 0.338 e. The van der Waals surface area contributed by atoms with Crippen molar-refractivity contribution in [1.29, 1.82) is 0 Å². The summed E-state index contributed by atoms with van der Waals surface area (Å²) in [5.74, 6) is -0.784. The molecule has 1 saturated heterocycles. The van der Waals surface area contributed by atoms with E-state index in [0.29, 0.717) is 12.1 Å². The van der Waals surface area contributed by atoms with Crippen LogP contribution >= 0.6 is 0 Å². The molecule has 5 nitrogen and oxygen atoms in total. The van der Waals surface area contributed by atoms with Crippen molar-refractivity contribution in [2.75, 3.05) is 19.8 Å². The van der Waals surface area contributed by atoms with Crippen LogP contribution in [-0.4, -0.2) is 37.7 Å². The Balaban J connectivity index is 1.74. The van der Waals surface area contributed by atoms with E-state index < -0.39 is 5.97 Å². The Hall–Kier alpha value is -1.88. The zero-order valence-electron chi connectivity index (χ0n) is 12.5. The summed E-state index contributed by atoms with van der Waals surface area (Å²) in [6.45, 7) is 4.87. The van der Waals surface area contributed by atoms with Gasteiger partial charge in [0.1, 0.15) is 0 Å². The van der Waals surface area contributed by atoms with Crippen molar-refractivity contribution >= 4 is 11.9 Å². The fourth-order valence-corrected chi connectivity index (χ4v) is 2.17. The van der Waals surface area contributed by atoms with E-state index in [1.165, 1.54) is 0 Å². The molecule has 1 amide bonds. The Morgan fingerprint density at radius 1 is 1.33 bits per heavy atom. The molecular formula is C16H21NO4. The minimum Gasteiger partial charge on any atom is -0.452 e. The van der Waals surface area contributed by atoms with E-state index in [1.807, 2.05) is 19.9 Å². The second kappa shape index (κ2) is 7.22. The monoisotopic (exact) mass is 291 g/mol. The van der Waals surface area contributed by atoms with Crippen molar-refractivity contribution in [3.05, 3.63) is 34.9 Å². The van der Waals surface area contributed by atoms with E-state index in [4.69, 9.17) is 9.47 Å². The van der Waals surface area contributed by atoms with Crippen LogP contribution in [0.5, 0.6) is 0 Å². The molecule has 0 radical (unpaired) electrons. The summed E-state index contributed by atoms with van der Waals surface area (Å²) in [4.78, 5) is 23.5. The molecule has 1 atom stereocenters. The quantitative estimate of drug-likeness (QED) is 0.840. The summed E-state index contributed by atoms with van der Waals surface area (Å²) in [5.41, 5.74) is 2.60. The molecule has 1 aromatic carbocycles. The van der Waals surface area contributed by atoms with Crippen LogP contribution in [0.4, 0.5) is 0 Å². The Morgan fingerprint density at radius 2 is 2.14 bits per heavy atom. The molecule has 114 valence electrons. The second-order valence-electron chi connectivity index (χ2n) is 5.31. The molecule has 0 aromatic heterocycles. The van der Waals surface area contributed by atoms with Gasteiger partial charge in [0.25, 0.3) is 5.91 Å². The van der Waals surface area contributed by atoms with Gasteiger partial charge in [-0.2, -0.15) is 0 Å². The number of hydrogen-bond acceptors (Lipinski definition) is 4. The van der Waals surface area contributed by atoms with E-state index in [1.54, 1.807) is 12.1 Å². The lowest BCUT2D eigenvalue weighted by Gasteiger charge is -2.11. The molecule has 2 rings (SSSR count). The predicted molar refractivity (Wildman–Crippen MR) is 78.2 cm³/mol. The first-order chi connectivity index (χ1) is 10.1. The number of aryl methyl sites for hydroxylation is 2. The molecule has 1 aliphatic heterocycles. The Bertz CT molecular complexity index is 521. The number of rotatable bonds is 5. The normalized spacial score (nSPS) is 17.5. The lowest BCUT2D eigenvalue weighted by molar-refractivity contribution is -0.124. The minimum atomic E-state index is -0.481. The van der Waals surface area contributed by atoms with Crippen molar-refractivity contribution in [1.82, 2.24) is 5.32 Å². The van der Waals surface area contributed by atoms with Gasteiger partial charge in [-0.3, -0.25) is 4.79 Å². The highest BCUT2D eigenvalue weighted by Crippen LogP contribution is 2.11. The number of nitrogens with one attached hydrogen (secondary N) is 1. The van der Waals surface area contributed by atoms with Crippen LogP contribution in [-0.2, 0) is 14.3 Å². The maximum absolute atomic E-state index is 11.8. The highest BCUT2D eigenvalue weighted by molar-refractivity contribution is 5.91. The van der Waals surface area contributed by atoms with Crippen LogP contribution in [0, 0.1) is 13.8 Å². The SMILES string of the molecule is Cc1ccc(C(=O)OCC(=O)NCC2CCCO2)cc1C. The van der Waals surface area contributed by atoms with E-state index in [9.17, 15) is 9.59 Å². The number of esters is 1. The van der Waals surface area contributed by atoms with Crippen molar-refractivity contribution < 1.29 is 19.1 Å². The Labute approximate surface area is 124 Å². The van der Waals surface area contributed by atoms with Gasteiger partial charge in [0, 0.05) is 13.2 Å². The third-order valence-corrected chi connectivity index (χ3v) is 3.63. The molecule has 0 saturated carbocycles. The summed E-state index contributed by atoms with van der Waals surface area (Å²) in [6, 6.07) is 5.33. The van der Waals surface area contributed by atoms with E-state index >= 15 is 0 Å². The molecule has 1 aromatic rings. The number of ether oxygens (including phenoxy) is 2. The average Bonchev–Trinajstić information content (AvgIpc) is 2.98. The van der Waals surface area contributed by atoms with Gasteiger partial charge in [0.15, 0.2) is 6.61 Å². The number of benzene rings is 1. The van der Waals surface area contributed by atoms with Crippen LogP contribution in [0.15, 0.2) is 18.2 Å². The maximum atomic E-state index is 11.8. The molecule has 0 aliphatic carbocycles. The average molecular weight is 291 g/mol. The van der Waals surface area contributed by atoms with Gasteiger partial charge in [-0.25, -0.2) is 4.79 Å². The topological polar surface area (TPSA) is 64.6 Å². The fourth-order valence-electron chi connectivity index (χ4n) is 2.17. The number of carbonyl (C=O) groups excluding carboxylic acids is 2. The molecule has 1 heterocycles. The molecule has 1 unspecified atom stereocenters. The van der Waals surface area contributed by atoms with E-state index in [0.717, 1.165) is 30.6 Å². The first kappa shape index (κ1) is 15.5. The molecule has 1 N–H and O–H groups in total. The minimum absolute atomic E-state index is 0.0874. The third kappa shape index (κ3) is 4.56. The number of carbonyl (C=O) groups is 2. The van der Waals surface area contributed by atoms with Crippen molar-refractivity contribution in [2.45, 2.75) is 32.8 Å². The first-order valence-corrected chi connectivity index (χ1v) is 7.19. The van der Waals surface area contributed by atoms with Crippen LogP contribution in [0.25, 0.3) is 0 Å². The summed E-state index contributed by atoms with van der Waals surface area (Å²) in [7, 11) is 0. The molecule has 5 heteroatoms. The zero-order chi connectivity index (χ0) is 15.2.